The number of anilines is 1. The summed E-state index contributed by atoms with van der Waals surface area (Å²) < 4.78 is 16.7. The van der Waals surface area contributed by atoms with E-state index in [1.807, 2.05) is 19.0 Å². The van der Waals surface area contributed by atoms with Gasteiger partial charge in [-0.2, -0.15) is 0 Å². The van der Waals surface area contributed by atoms with Gasteiger partial charge in [-0.25, -0.2) is 4.98 Å². The molecule has 0 aliphatic heterocycles. The Morgan fingerprint density at radius 3 is 2.47 bits per heavy atom. The zero-order valence-electron chi connectivity index (χ0n) is 17.1. The number of hydrogen-bond donors (Lipinski definition) is 0. The van der Waals surface area contributed by atoms with E-state index < -0.39 is 16.7 Å². The molecule has 3 rings (SSSR count). The highest BCUT2D eigenvalue weighted by Gasteiger charge is 2.27. The molecule has 0 unspecified atom stereocenters. The standard InChI is InChI=1S/C19H22N4O6S/c1-21(2)10-5-11-22(18(24)14-8-9-15(29-14)23(25)26)19-20-16-12(27-3)6-7-13(28-4)17(16)30-19/h6-9H,5,10-11H2,1-4H3. The summed E-state index contributed by atoms with van der Waals surface area (Å²) in [7, 11) is 6.98. The van der Waals surface area contributed by atoms with Crippen molar-refractivity contribution in [3.63, 3.8) is 0 Å². The molecule has 0 radical (unpaired) electrons. The second kappa shape index (κ2) is 9.09. The summed E-state index contributed by atoms with van der Waals surface area (Å²) in [5.41, 5.74) is 0.577. The highest BCUT2D eigenvalue weighted by Crippen LogP contribution is 2.40. The molecule has 2 heterocycles. The highest BCUT2D eigenvalue weighted by atomic mass is 32.1. The van der Waals surface area contributed by atoms with Crippen LogP contribution in [0, 0.1) is 10.1 Å². The maximum absolute atomic E-state index is 13.1. The number of nitrogens with zero attached hydrogens (tertiary/aromatic N) is 4. The molecular formula is C19H22N4O6S. The van der Waals surface area contributed by atoms with E-state index in [0.29, 0.717) is 35.1 Å². The molecule has 0 spiro atoms. The van der Waals surface area contributed by atoms with Crippen LogP contribution in [0.15, 0.2) is 28.7 Å². The van der Waals surface area contributed by atoms with Crippen molar-refractivity contribution in [1.29, 1.82) is 0 Å². The number of methoxy groups -OCH3 is 2. The summed E-state index contributed by atoms with van der Waals surface area (Å²) in [6.07, 6.45) is 0.672. The number of nitro groups is 1. The van der Waals surface area contributed by atoms with Crippen molar-refractivity contribution >= 4 is 38.5 Å². The highest BCUT2D eigenvalue weighted by molar-refractivity contribution is 7.22. The fraction of sp³-hybridized carbons (Fsp3) is 0.368. The van der Waals surface area contributed by atoms with E-state index in [0.717, 1.165) is 17.3 Å². The largest absolute Gasteiger partial charge is 0.495 e. The Morgan fingerprint density at radius 2 is 1.87 bits per heavy atom. The van der Waals surface area contributed by atoms with Crippen molar-refractivity contribution in [2.24, 2.45) is 0 Å². The summed E-state index contributed by atoms with van der Waals surface area (Å²) >= 11 is 1.28. The van der Waals surface area contributed by atoms with Gasteiger partial charge in [0, 0.05) is 6.54 Å². The number of rotatable bonds is 9. The van der Waals surface area contributed by atoms with Crippen LogP contribution < -0.4 is 14.4 Å². The van der Waals surface area contributed by atoms with E-state index in [4.69, 9.17) is 13.9 Å². The summed E-state index contributed by atoms with van der Waals surface area (Å²) in [6, 6.07) is 5.99. The van der Waals surface area contributed by atoms with Crippen LogP contribution in [0.1, 0.15) is 17.0 Å². The Labute approximate surface area is 176 Å². The minimum absolute atomic E-state index is 0.121. The van der Waals surface area contributed by atoms with Gasteiger partial charge in [0.15, 0.2) is 10.9 Å². The second-order valence-electron chi connectivity index (χ2n) is 6.65. The molecule has 0 N–H and O–H groups in total. The Morgan fingerprint density at radius 1 is 1.17 bits per heavy atom. The predicted molar refractivity (Wildman–Crippen MR) is 113 cm³/mol. The molecule has 1 aromatic carbocycles. The maximum atomic E-state index is 13.1. The molecule has 30 heavy (non-hydrogen) atoms. The molecule has 3 aromatic rings. The molecule has 160 valence electrons. The fourth-order valence-electron chi connectivity index (χ4n) is 2.89. The summed E-state index contributed by atoms with van der Waals surface area (Å²) in [4.78, 5) is 31.5. The van der Waals surface area contributed by atoms with Crippen LogP contribution in [-0.2, 0) is 0 Å². The Hall–Kier alpha value is -3.18. The van der Waals surface area contributed by atoms with Crippen molar-refractivity contribution in [2.75, 3.05) is 46.3 Å². The number of carbonyl (C=O) groups is 1. The third-order valence-electron chi connectivity index (χ3n) is 4.34. The number of amides is 1. The SMILES string of the molecule is COc1ccc(OC)c2sc(N(CCCN(C)C)C(=O)c3ccc([N+](=O)[O-])o3)nc12. The number of carbonyl (C=O) groups excluding carboxylic acids is 1. The van der Waals surface area contributed by atoms with E-state index in [2.05, 4.69) is 4.98 Å². The van der Waals surface area contributed by atoms with Gasteiger partial charge in [0.25, 0.3) is 5.91 Å². The third kappa shape index (κ3) is 4.36. The molecule has 0 aliphatic rings. The van der Waals surface area contributed by atoms with E-state index in [1.54, 1.807) is 26.4 Å². The number of ether oxygens (including phenoxy) is 2. The molecule has 11 heteroatoms. The molecular weight excluding hydrogens is 412 g/mol. The summed E-state index contributed by atoms with van der Waals surface area (Å²) in [5, 5.41) is 11.4. The minimum atomic E-state index is -0.680. The van der Waals surface area contributed by atoms with Crippen LogP contribution in [0.2, 0.25) is 0 Å². The van der Waals surface area contributed by atoms with Crippen molar-refractivity contribution in [3.8, 4) is 11.5 Å². The molecule has 10 nitrogen and oxygen atoms in total. The average molecular weight is 434 g/mol. The van der Waals surface area contributed by atoms with Crippen molar-refractivity contribution in [1.82, 2.24) is 9.88 Å². The average Bonchev–Trinajstić information content (AvgIpc) is 3.37. The Bertz CT molecular complexity index is 1020. The first kappa shape index (κ1) is 21.5. The summed E-state index contributed by atoms with van der Waals surface area (Å²) in [5.74, 6) is 0.0642. The van der Waals surface area contributed by atoms with Crippen LogP contribution in [-0.4, -0.2) is 62.1 Å². The van der Waals surface area contributed by atoms with Gasteiger partial charge in [-0.15, -0.1) is 0 Å². The third-order valence-corrected chi connectivity index (χ3v) is 5.44. The zero-order chi connectivity index (χ0) is 21.8. The molecule has 0 saturated carbocycles. The van der Waals surface area contributed by atoms with E-state index >= 15 is 0 Å². The lowest BCUT2D eigenvalue weighted by Crippen LogP contribution is -2.33. The lowest BCUT2D eigenvalue weighted by Gasteiger charge is -2.19. The van der Waals surface area contributed by atoms with Gasteiger partial charge in [0.1, 0.15) is 26.6 Å². The maximum Gasteiger partial charge on any atom is 0.433 e. The molecule has 1 amide bonds. The lowest BCUT2D eigenvalue weighted by atomic mass is 10.3. The normalized spacial score (nSPS) is 11.1. The van der Waals surface area contributed by atoms with Gasteiger partial charge in [-0.1, -0.05) is 11.3 Å². The molecule has 0 atom stereocenters. The summed E-state index contributed by atoms with van der Waals surface area (Å²) in [6.45, 7) is 1.11. The smallest absolute Gasteiger partial charge is 0.433 e. The fourth-order valence-corrected chi connectivity index (χ4v) is 3.99. The zero-order valence-corrected chi connectivity index (χ0v) is 17.9. The lowest BCUT2D eigenvalue weighted by molar-refractivity contribution is -0.402. The first-order chi connectivity index (χ1) is 14.3. The van der Waals surface area contributed by atoms with Gasteiger partial charge in [-0.05, 0) is 45.3 Å². The van der Waals surface area contributed by atoms with Crippen LogP contribution in [0.25, 0.3) is 10.2 Å². The van der Waals surface area contributed by atoms with Gasteiger partial charge < -0.3 is 18.8 Å². The molecule has 2 aromatic heterocycles. The van der Waals surface area contributed by atoms with E-state index in [9.17, 15) is 14.9 Å². The molecule has 0 aliphatic carbocycles. The predicted octanol–water partition coefficient (Wildman–Crippen LogP) is 3.41. The topological polar surface area (TPSA) is 111 Å². The first-order valence-corrected chi connectivity index (χ1v) is 9.89. The number of benzene rings is 1. The Kier molecular flexibility index (Phi) is 6.53. The second-order valence-corrected chi connectivity index (χ2v) is 7.63. The van der Waals surface area contributed by atoms with Crippen molar-refractivity contribution in [3.05, 3.63) is 40.1 Å². The van der Waals surface area contributed by atoms with Crippen LogP contribution in [0.3, 0.4) is 0 Å². The number of aromatic nitrogens is 1. The van der Waals surface area contributed by atoms with Gasteiger partial charge in [0.05, 0.1) is 20.3 Å². The van der Waals surface area contributed by atoms with Crippen LogP contribution in [0.5, 0.6) is 11.5 Å². The van der Waals surface area contributed by atoms with Crippen molar-refractivity contribution < 1.29 is 23.6 Å². The number of furan rings is 1. The van der Waals surface area contributed by atoms with Crippen molar-refractivity contribution in [2.45, 2.75) is 6.42 Å². The monoisotopic (exact) mass is 434 g/mol. The van der Waals surface area contributed by atoms with Gasteiger partial charge >= 0.3 is 5.88 Å². The number of thiazole rings is 1. The van der Waals surface area contributed by atoms with E-state index in [1.165, 1.54) is 22.3 Å². The minimum Gasteiger partial charge on any atom is -0.495 e. The molecule has 0 saturated heterocycles. The Balaban J connectivity index is 2.02. The first-order valence-electron chi connectivity index (χ1n) is 9.08. The number of hydrogen-bond acceptors (Lipinski definition) is 9. The number of fused-ring (bicyclic) bond motifs is 1. The molecule has 0 fully saturated rings. The molecule has 0 bridgehead atoms. The van der Waals surface area contributed by atoms with E-state index in [-0.39, 0.29) is 5.76 Å². The van der Waals surface area contributed by atoms with Crippen LogP contribution in [0.4, 0.5) is 11.0 Å². The van der Waals surface area contributed by atoms with Crippen LogP contribution >= 0.6 is 11.3 Å². The van der Waals surface area contributed by atoms with Gasteiger partial charge in [-0.3, -0.25) is 19.8 Å². The van der Waals surface area contributed by atoms with Gasteiger partial charge in [0.2, 0.25) is 0 Å². The quantitative estimate of drug-likeness (QED) is 0.372.